The number of benzene rings is 2. The van der Waals surface area contributed by atoms with Crippen LogP contribution in [0.25, 0.3) is 10.8 Å². The van der Waals surface area contributed by atoms with Gasteiger partial charge in [0, 0.05) is 0 Å². The first-order valence-electron chi connectivity index (χ1n) is 6.74. The molecule has 0 bridgehead atoms. The molecule has 0 atom stereocenters. The van der Waals surface area contributed by atoms with Crippen molar-refractivity contribution >= 4 is 16.7 Å². The van der Waals surface area contributed by atoms with Gasteiger partial charge in [-0.2, -0.15) is 0 Å². The molecule has 0 aromatic heterocycles. The van der Waals surface area contributed by atoms with Gasteiger partial charge in [0.2, 0.25) is 0 Å². The fraction of sp³-hybridized carbons (Fsp3) is 0.312. The molecule has 0 saturated carbocycles. The Hall–Kier alpha value is -2.07. The fourth-order valence-electron chi connectivity index (χ4n) is 2.03. The van der Waals surface area contributed by atoms with Crippen molar-refractivity contribution in [2.45, 2.75) is 13.3 Å². The van der Waals surface area contributed by atoms with Crippen LogP contribution < -0.4 is 10.5 Å². The van der Waals surface area contributed by atoms with Gasteiger partial charge in [0.25, 0.3) is 0 Å². The Morgan fingerprint density at radius 1 is 1.15 bits per heavy atom. The minimum atomic E-state index is -0.356. The molecule has 0 saturated heterocycles. The molecule has 4 heteroatoms. The predicted molar refractivity (Wildman–Crippen MR) is 78.8 cm³/mol. The number of nitrogens with two attached hydrogens (primary N) is 1. The summed E-state index contributed by atoms with van der Waals surface area (Å²) in [6.45, 7) is 2.72. The number of esters is 1. The molecular formula is C16H19NO3. The van der Waals surface area contributed by atoms with E-state index in [1.807, 2.05) is 24.3 Å². The van der Waals surface area contributed by atoms with Crippen molar-refractivity contribution < 1.29 is 14.3 Å². The molecule has 0 fully saturated rings. The Morgan fingerprint density at radius 2 is 1.90 bits per heavy atom. The third kappa shape index (κ3) is 3.71. The van der Waals surface area contributed by atoms with Crippen molar-refractivity contribution in [3.05, 3.63) is 42.0 Å². The van der Waals surface area contributed by atoms with E-state index in [4.69, 9.17) is 15.2 Å². The van der Waals surface area contributed by atoms with Gasteiger partial charge >= 0.3 is 5.97 Å². The minimum Gasteiger partial charge on any atom is -0.482 e. The molecule has 2 N–H and O–H groups in total. The lowest BCUT2D eigenvalue weighted by atomic mass is 10.0. The second-order valence-corrected chi connectivity index (χ2v) is 4.48. The molecule has 106 valence electrons. The summed E-state index contributed by atoms with van der Waals surface area (Å²) < 4.78 is 10.2. The van der Waals surface area contributed by atoms with Gasteiger partial charge in [-0.15, -0.1) is 0 Å². The Kier molecular flexibility index (Phi) is 4.96. The third-order valence-electron chi connectivity index (χ3n) is 2.97. The Labute approximate surface area is 118 Å². The molecule has 2 rings (SSSR count). The van der Waals surface area contributed by atoms with Crippen LogP contribution in [0.5, 0.6) is 5.75 Å². The van der Waals surface area contributed by atoms with Gasteiger partial charge < -0.3 is 15.2 Å². The van der Waals surface area contributed by atoms with Crippen LogP contribution in [0, 0.1) is 0 Å². The Morgan fingerprint density at radius 3 is 2.65 bits per heavy atom. The van der Waals surface area contributed by atoms with Crippen LogP contribution in [-0.4, -0.2) is 25.7 Å². The van der Waals surface area contributed by atoms with E-state index in [0.717, 1.165) is 17.2 Å². The van der Waals surface area contributed by atoms with Crippen molar-refractivity contribution in [2.75, 3.05) is 19.8 Å². The maximum atomic E-state index is 11.2. The summed E-state index contributed by atoms with van der Waals surface area (Å²) in [5.74, 6) is 0.308. The minimum absolute atomic E-state index is 0.0649. The van der Waals surface area contributed by atoms with E-state index in [1.54, 1.807) is 6.92 Å². The van der Waals surface area contributed by atoms with Gasteiger partial charge in [-0.3, -0.25) is 0 Å². The number of fused-ring (bicyclic) bond motifs is 1. The van der Waals surface area contributed by atoms with Gasteiger partial charge in [0.15, 0.2) is 6.61 Å². The molecule has 0 spiro atoms. The largest absolute Gasteiger partial charge is 0.482 e. The van der Waals surface area contributed by atoms with Crippen molar-refractivity contribution in [3.8, 4) is 5.75 Å². The monoisotopic (exact) mass is 273 g/mol. The summed E-state index contributed by atoms with van der Waals surface area (Å²) >= 11 is 0. The third-order valence-corrected chi connectivity index (χ3v) is 2.97. The van der Waals surface area contributed by atoms with Gasteiger partial charge in [-0.25, -0.2) is 4.79 Å². The molecule has 0 heterocycles. The van der Waals surface area contributed by atoms with Crippen molar-refractivity contribution in [2.24, 2.45) is 5.73 Å². The summed E-state index contributed by atoms with van der Waals surface area (Å²) in [5.41, 5.74) is 6.78. The van der Waals surface area contributed by atoms with E-state index < -0.39 is 0 Å². The molecule has 0 aliphatic rings. The second-order valence-electron chi connectivity index (χ2n) is 4.48. The zero-order valence-electron chi connectivity index (χ0n) is 11.6. The standard InChI is InChI=1S/C16H19NO3/c1-2-19-16(18)11-20-15-6-5-13-9-12(7-8-17)3-4-14(13)10-15/h3-6,9-10H,2,7-8,11,17H2,1H3. The van der Waals surface area contributed by atoms with Crippen LogP contribution in [0.1, 0.15) is 12.5 Å². The maximum Gasteiger partial charge on any atom is 0.344 e. The first kappa shape index (κ1) is 14.3. The summed E-state index contributed by atoms with van der Waals surface area (Å²) in [4.78, 5) is 11.2. The highest BCUT2D eigenvalue weighted by atomic mass is 16.6. The second kappa shape index (κ2) is 6.91. The van der Waals surface area contributed by atoms with E-state index in [0.29, 0.717) is 18.9 Å². The number of ether oxygens (including phenoxy) is 2. The first-order chi connectivity index (χ1) is 9.72. The molecule has 20 heavy (non-hydrogen) atoms. The number of rotatable bonds is 6. The maximum absolute atomic E-state index is 11.2. The van der Waals surface area contributed by atoms with E-state index in [1.165, 1.54) is 5.56 Å². The highest BCUT2D eigenvalue weighted by molar-refractivity contribution is 5.84. The van der Waals surface area contributed by atoms with Gasteiger partial charge in [0.05, 0.1) is 6.61 Å². The van der Waals surface area contributed by atoms with Crippen LogP contribution in [0.15, 0.2) is 36.4 Å². The van der Waals surface area contributed by atoms with Crippen LogP contribution >= 0.6 is 0 Å². The predicted octanol–water partition coefficient (Wildman–Crippen LogP) is 2.28. The molecule has 0 aliphatic heterocycles. The van der Waals surface area contributed by atoms with E-state index in [9.17, 15) is 4.79 Å². The molecular weight excluding hydrogens is 254 g/mol. The quantitative estimate of drug-likeness (QED) is 0.820. The van der Waals surface area contributed by atoms with Crippen LogP contribution in [0.2, 0.25) is 0 Å². The topological polar surface area (TPSA) is 61.5 Å². The number of carbonyl (C=O) groups is 1. The highest BCUT2D eigenvalue weighted by Crippen LogP contribution is 2.22. The number of hydrogen-bond acceptors (Lipinski definition) is 4. The normalized spacial score (nSPS) is 10.5. The van der Waals surface area contributed by atoms with Crippen molar-refractivity contribution in [1.29, 1.82) is 0 Å². The SMILES string of the molecule is CCOC(=O)COc1ccc2cc(CCN)ccc2c1. The Balaban J connectivity index is 2.09. The summed E-state index contributed by atoms with van der Waals surface area (Å²) in [7, 11) is 0. The van der Waals surface area contributed by atoms with Crippen LogP contribution in [-0.2, 0) is 16.0 Å². The van der Waals surface area contributed by atoms with Crippen LogP contribution in [0.4, 0.5) is 0 Å². The van der Waals surface area contributed by atoms with Gasteiger partial charge in [-0.1, -0.05) is 24.3 Å². The smallest absolute Gasteiger partial charge is 0.344 e. The summed E-state index contributed by atoms with van der Waals surface area (Å²) in [5, 5.41) is 2.21. The van der Waals surface area contributed by atoms with Gasteiger partial charge in [-0.05, 0) is 48.4 Å². The summed E-state index contributed by atoms with van der Waals surface area (Å²) in [6, 6.07) is 12.0. The average molecular weight is 273 g/mol. The zero-order valence-corrected chi connectivity index (χ0v) is 11.6. The van der Waals surface area contributed by atoms with E-state index >= 15 is 0 Å². The highest BCUT2D eigenvalue weighted by Gasteiger charge is 2.04. The lowest BCUT2D eigenvalue weighted by Gasteiger charge is -2.08. The fourth-order valence-corrected chi connectivity index (χ4v) is 2.03. The lowest BCUT2D eigenvalue weighted by molar-refractivity contribution is -0.145. The molecule has 0 radical (unpaired) electrons. The molecule has 4 nitrogen and oxygen atoms in total. The molecule has 0 unspecified atom stereocenters. The van der Waals surface area contributed by atoms with Crippen LogP contribution in [0.3, 0.4) is 0 Å². The molecule has 2 aromatic carbocycles. The molecule has 0 aliphatic carbocycles. The van der Waals surface area contributed by atoms with E-state index in [-0.39, 0.29) is 12.6 Å². The zero-order chi connectivity index (χ0) is 14.4. The average Bonchev–Trinajstić information content (AvgIpc) is 2.46. The number of hydrogen-bond donors (Lipinski definition) is 1. The molecule has 0 amide bonds. The van der Waals surface area contributed by atoms with Crippen molar-refractivity contribution in [3.63, 3.8) is 0 Å². The van der Waals surface area contributed by atoms with Gasteiger partial charge in [0.1, 0.15) is 5.75 Å². The lowest BCUT2D eigenvalue weighted by Crippen LogP contribution is -2.14. The van der Waals surface area contributed by atoms with E-state index in [2.05, 4.69) is 12.1 Å². The number of carbonyl (C=O) groups excluding carboxylic acids is 1. The Bertz CT molecular complexity index is 595. The van der Waals surface area contributed by atoms with Crippen molar-refractivity contribution in [1.82, 2.24) is 0 Å². The molecule has 2 aromatic rings. The summed E-state index contributed by atoms with van der Waals surface area (Å²) in [6.07, 6.45) is 0.872. The first-order valence-corrected chi connectivity index (χ1v) is 6.74.